The number of aromatic nitrogens is 1. The van der Waals surface area contributed by atoms with Gasteiger partial charge in [0.2, 0.25) is 0 Å². The van der Waals surface area contributed by atoms with E-state index in [0.717, 1.165) is 0 Å². The standard InChI is InChI=1S/C14H11ClN2O4/c15-9-2-1-3-10(6-9)21-8-13(18)17-12-7-16-5-4-11(12)14(19)20/h1-7H,8H2,(H,17,18)(H,19,20). The van der Waals surface area contributed by atoms with E-state index < -0.39 is 11.9 Å². The maximum atomic E-state index is 11.8. The minimum absolute atomic E-state index is 0.0406. The number of hydrogen-bond donors (Lipinski definition) is 2. The lowest BCUT2D eigenvalue weighted by atomic mass is 10.2. The Labute approximate surface area is 125 Å². The van der Waals surface area contributed by atoms with Crippen LogP contribution in [0.1, 0.15) is 10.4 Å². The van der Waals surface area contributed by atoms with E-state index in [1.807, 2.05) is 0 Å². The molecule has 21 heavy (non-hydrogen) atoms. The van der Waals surface area contributed by atoms with Crippen molar-refractivity contribution in [3.05, 3.63) is 53.3 Å². The fourth-order valence-electron chi connectivity index (χ4n) is 1.57. The van der Waals surface area contributed by atoms with E-state index in [1.165, 1.54) is 18.5 Å². The number of nitrogens with one attached hydrogen (secondary N) is 1. The van der Waals surface area contributed by atoms with Crippen LogP contribution in [-0.4, -0.2) is 28.6 Å². The molecule has 1 aromatic carbocycles. The zero-order valence-electron chi connectivity index (χ0n) is 10.7. The molecule has 0 bridgehead atoms. The summed E-state index contributed by atoms with van der Waals surface area (Å²) in [6.45, 7) is -0.270. The van der Waals surface area contributed by atoms with Gasteiger partial charge in [-0.05, 0) is 24.3 Å². The largest absolute Gasteiger partial charge is 0.484 e. The van der Waals surface area contributed by atoms with Gasteiger partial charge in [0, 0.05) is 11.2 Å². The Morgan fingerprint density at radius 2 is 2.14 bits per heavy atom. The van der Waals surface area contributed by atoms with Crippen LogP contribution in [0, 0.1) is 0 Å². The summed E-state index contributed by atoms with van der Waals surface area (Å²) in [6.07, 6.45) is 2.60. The predicted octanol–water partition coefficient (Wildman–Crippen LogP) is 2.45. The summed E-state index contributed by atoms with van der Waals surface area (Å²) in [4.78, 5) is 26.5. The van der Waals surface area contributed by atoms with Crippen molar-refractivity contribution in [1.29, 1.82) is 0 Å². The van der Waals surface area contributed by atoms with Crippen molar-refractivity contribution in [3.8, 4) is 5.75 Å². The van der Waals surface area contributed by atoms with E-state index in [0.29, 0.717) is 10.8 Å². The number of carboxylic acids is 1. The van der Waals surface area contributed by atoms with Gasteiger partial charge in [0.15, 0.2) is 6.61 Å². The molecule has 1 amide bonds. The maximum absolute atomic E-state index is 11.8. The summed E-state index contributed by atoms with van der Waals surface area (Å²) in [6, 6.07) is 7.91. The molecule has 0 aliphatic rings. The number of ether oxygens (including phenoxy) is 1. The smallest absolute Gasteiger partial charge is 0.337 e. The van der Waals surface area contributed by atoms with Crippen molar-refractivity contribution in [3.63, 3.8) is 0 Å². The molecule has 0 saturated heterocycles. The summed E-state index contributed by atoms with van der Waals surface area (Å²) in [5.41, 5.74) is 0.0748. The van der Waals surface area contributed by atoms with Crippen LogP contribution in [0.2, 0.25) is 5.02 Å². The number of hydrogen-bond acceptors (Lipinski definition) is 4. The molecular weight excluding hydrogens is 296 g/mol. The number of carbonyl (C=O) groups excluding carboxylic acids is 1. The molecule has 0 aliphatic heterocycles. The van der Waals surface area contributed by atoms with Crippen molar-refractivity contribution in [1.82, 2.24) is 4.98 Å². The topological polar surface area (TPSA) is 88.5 Å². The molecule has 108 valence electrons. The number of anilines is 1. The summed E-state index contributed by atoms with van der Waals surface area (Å²) < 4.78 is 5.26. The third kappa shape index (κ3) is 4.19. The molecule has 0 unspecified atom stereocenters. The molecule has 2 N–H and O–H groups in total. The summed E-state index contributed by atoms with van der Waals surface area (Å²) in [5, 5.41) is 11.9. The highest BCUT2D eigenvalue weighted by Crippen LogP contribution is 2.17. The lowest BCUT2D eigenvalue weighted by Gasteiger charge is -2.09. The van der Waals surface area contributed by atoms with E-state index in [2.05, 4.69) is 10.3 Å². The molecule has 0 radical (unpaired) electrons. The zero-order valence-corrected chi connectivity index (χ0v) is 11.5. The Balaban J connectivity index is 1.98. The normalized spacial score (nSPS) is 9.95. The highest BCUT2D eigenvalue weighted by molar-refractivity contribution is 6.30. The van der Waals surface area contributed by atoms with Gasteiger partial charge in [0.05, 0.1) is 17.4 Å². The van der Waals surface area contributed by atoms with Crippen LogP contribution in [0.25, 0.3) is 0 Å². The van der Waals surface area contributed by atoms with E-state index in [4.69, 9.17) is 21.4 Å². The van der Waals surface area contributed by atoms with Gasteiger partial charge in [-0.15, -0.1) is 0 Å². The van der Waals surface area contributed by atoms with Crippen LogP contribution in [0.4, 0.5) is 5.69 Å². The lowest BCUT2D eigenvalue weighted by Crippen LogP contribution is -2.21. The number of halogens is 1. The monoisotopic (exact) mass is 306 g/mol. The fourth-order valence-corrected chi connectivity index (χ4v) is 1.75. The summed E-state index contributed by atoms with van der Waals surface area (Å²) in [7, 11) is 0. The van der Waals surface area contributed by atoms with Crippen molar-refractivity contribution in [2.75, 3.05) is 11.9 Å². The second-order valence-corrected chi connectivity index (χ2v) is 4.46. The molecule has 1 aromatic heterocycles. The minimum atomic E-state index is -1.15. The van der Waals surface area contributed by atoms with Gasteiger partial charge < -0.3 is 15.2 Å². The van der Waals surface area contributed by atoms with Crippen LogP contribution in [-0.2, 0) is 4.79 Å². The molecule has 0 spiro atoms. The van der Waals surface area contributed by atoms with Crippen LogP contribution in [0.15, 0.2) is 42.7 Å². The first kappa shape index (κ1) is 14.8. The average molecular weight is 307 g/mol. The van der Waals surface area contributed by atoms with Crippen LogP contribution < -0.4 is 10.1 Å². The molecule has 7 heteroatoms. The Morgan fingerprint density at radius 3 is 2.86 bits per heavy atom. The average Bonchev–Trinajstić information content (AvgIpc) is 2.45. The Morgan fingerprint density at radius 1 is 1.33 bits per heavy atom. The number of benzene rings is 1. The number of amides is 1. The predicted molar refractivity (Wildman–Crippen MR) is 76.8 cm³/mol. The van der Waals surface area contributed by atoms with Crippen LogP contribution in [0.3, 0.4) is 0 Å². The number of carboxylic acid groups (broad SMARTS) is 1. The second-order valence-electron chi connectivity index (χ2n) is 4.02. The Kier molecular flexibility index (Phi) is 4.73. The van der Waals surface area contributed by atoms with E-state index in [9.17, 15) is 9.59 Å². The van der Waals surface area contributed by atoms with Gasteiger partial charge in [-0.2, -0.15) is 0 Å². The quantitative estimate of drug-likeness (QED) is 0.885. The van der Waals surface area contributed by atoms with Gasteiger partial charge in [-0.1, -0.05) is 17.7 Å². The molecule has 2 aromatic rings. The zero-order chi connectivity index (χ0) is 15.2. The summed E-state index contributed by atoms with van der Waals surface area (Å²) in [5.74, 6) is -1.20. The van der Waals surface area contributed by atoms with Crippen molar-refractivity contribution in [2.45, 2.75) is 0 Å². The SMILES string of the molecule is O=C(COc1cccc(Cl)c1)Nc1cnccc1C(=O)O. The maximum Gasteiger partial charge on any atom is 0.337 e. The molecule has 0 saturated carbocycles. The van der Waals surface area contributed by atoms with E-state index in [-0.39, 0.29) is 17.9 Å². The lowest BCUT2D eigenvalue weighted by molar-refractivity contribution is -0.118. The molecule has 2 rings (SSSR count). The van der Waals surface area contributed by atoms with Gasteiger partial charge in [0.1, 0.15) is 5.75 Å². The molecule has 0 atom stereocenters. The fraction of sp³-hybridized carbons (Fsp3) is 0.0714. The third-order valence-corrected chi connectivity index (χ3v) is 2.73. The first-order valence-corrected chi connectivity index (χ1v) is 6.29. The molecule has 0 fully saturated rings. The highest BCUT2D eigenvalue weighted by Gasteiger charge is 2.12. The first-order valence-electron chi connectivity index (χ1n) is 5.92. The van der Waals surface area contributed by atoms with Gasteiger partial charge >= 0.3 is 5.97 Å². The number of carbonyl (C=O) groups is 2. The third-order valence-electron chi connectivity index (χ3n) is 2.49. The highest BCUT2D eigenvalue weighted by atomic mass is 35.5. The van der Waals surface area contributed by atoms with E-state index >= 15 is 0 Å². The number of nitrogens with zero attached hydrogens (tertiary/aromatic N) is 1. The molecule has 0 aliphatic carbocycles. The minimum Gasteiger partial charge on any atom is -0.484 e. The van der Waals surface area contributed by atoms with Crippen molar-refractivity contribution in [2.24, 2.45) is 0 Å². The second kappa shape index (κ2) is 6.71. The van der Waals surface area contributed by atoms with Crippen LogP contribution in [0.5, 0.6) is 5.75 Å². The number of aromatic carboxylic acids is 1. The summed E-state index contributed by atoms with van der Waals surface area (Å²) >= 11 is 5.79. The Bertz CT molecular complexity index is 676. The van der Waals surface area contributed by atoms with Gasteiger partial charge in [-0.3, -0.25) is 9.78 Å². The number of rotatable bonds is 5. The molecular formula is C14H11ClN2O4. The van der Waals surface area contributed by atoms with Gasteiger partial charge in [0.25, 0.3) is 5.91 Å². The van der Waals surface area contributed by atoms with Crippen molar-refractivity contribution < 1.29 is 19.4 Å². The van der Waals surface area contributed by atoms with Gasteiger partial charge in [-0.25, -0.2) is 4.79 Å². The molecule has 1 heterocycles. The number of pyridine rings is 1. The van der Waals surface area contributed by atoms with E-state index in [1.54, 1.807) is 24.3 Å². The molecule has 6 nitrogen and oxygen atoms in total. The van der Waals surface area contributed by atoms with Crippen molar-refractivity contribution >= 4 is 29.2 Å². The first-order chi connectivity index (χ1) is 10.1. The van der Waals surface area contributed by atoms with Crippen LogP contribution >= 0.6 is 11.6 Å². The Hall–Kier alpha value is -2.60.